The molecule has 0 bridgehead atoms. The minimum atomic E-state index is -1.13. The molecule has 1 saturated heterocycles. The van der Waals surface area contributed by atoms with Gasteiger partial charge in [0.05, 0.1) is 6.10 Å². The molecule has 0 amide bonds. The van der Waals surface area contributed by atoms with Crippen LogP contribution >= 0.6 is 0 Å². The molecule has 0 aromatic carbocycles. The fourth-order valence-corrected chi connectivity index (χ4v) is 2.10. The van der Waals surface area contributed by atoms with Crippen LogP contribution in [0.5, 0.6) is 0 Å². The number of carbonyl (C=O) groups excluding carboxylic acids is 1. The van der Waals surface area contributed by atoms with Crippen LogP contribution in [0, 0.1) is 0 Å². The van der Waals surface area contributed by atoms with E-state index in [4.69, 9.17) is 25.7 Å². The van der Waals surface area contributed by atoms with Crippen molar-refractivity contribution in [2.75, 3.05) is 26.2 Å². The summed E-state index contributed by atoms with van der Waals surface area (Å²) in [5.74, 6) is -1.57. The average Bonchev–Trinajstić information content (AvgIpc) is 2.51. The van der Waals surface area contributed by atoms with E-state index in [0.29, 0.717) is 6.54 Å². The Labute approximate surface area is 127 Å². The molecule has 5 N–H and O–H groups in total. The number of hydrogen-bond acceptors (Lipinski definition) is 9. The number of nitrogens with one attached hydrogen (secondary N) is 1. The van der Waals surface area contributed by atoms with E-state index < -0.39 is 18.0 Å². The summed E-state index contributed by atoms with van der Waals surface area (Å²) < 4.78 is 5.04. The van der Waals surface area contributed by atoms with Crippen molar-refractivity contribution >= 4 is 11.9 Å². The molecule has 0 aromatic rings. The van der Waals surface area contributed by atoms with E-state index in [1.54, 1.807) is 0 Å². The molecule has 22 heavy (non-hydrogen) atoms. The molecule has 0 unspecified atom stereocenters. The standard InChI is InChI=1S/C12H23N3O7/c13-10(12(17)18)1-2-11(16)20-8-7-15-5-3-9(4-6-15)21-14-22-19/h9-10,14,19H,1-8,13H2,(H,17,18)/t10-/m0/s1. The molecule has 1 aliphatic heterocycles. The van der Waals surface area contributed by atoms with Crippen LogP contribution in [0.4, 0.5) is 0 Å². The third-order valence-corrected chi connectivity index (χ3v) is 3.43. The van der Waals surface area contributed by atoms with E-state index in [2.05, 4.69) is 9.89 Å². The Morgan fingerprint density at radius 1 is 1.36 bits per heavy atom. The molecular formula is C12H23N3O7. The Kier molecular flexibility index (Phi) is 8.89. The van der Waals surface area contributed by atoms with Gasteiger partial charge in [0.25, 0.3) is 0 Å². The van der Waals surface area contributed by atoms with Crippen LogP contribution in [-0.2, 0) is 24.2 Å². The minimum absolute atomic E-state index is 0.00376. The lowest BCUT2D eigenvalue weighted by Crippen LogP contribution is -2.40. The van der Waals surface area contributed by atoms with Gasteiger partial charge in [0.2, 0.25) is 0 Å². The molecule has 10 heteroatoms. The average molecular weight is 321 g/mol. The van der Waals surface area contributed by atoms with Gasteiger partial charge in [0.1, 0.15) is 12.6 Å². The van der Waals surface area contributed by atoms with Crippen LogP contribution in [0.15, 0.2) is 0 Å². The van der Waals surface area contributed by atoms with Crippen molar-refractivity contribution in [2.24, 2.45) is 5.73 Å². The number of hydrogen-bond donors (Lipinski definition) is 4. The molecule has 0 aromatic heterocycles. The molecule has 1 atom stereocenters. The number of aliphatic carboxylic acids is 1. The van der Waals surface area contributed by atoms with Crippen molar-refractivity contribution < 1.29 is 34.5 Å². The number of carbonyl (C=O) groups is 2. The third kappa shape index (κ3) is 7.64. The van der Waals surface area contributed by atoms with E-state index in [1.165, 1.54) is 0 Å². The first kappa shape index (κ1) is 18.7. The monoisotopic (exact) mass is 321 g/mol. The van der Waals surface area contributed by atoms with Crippen molar-refractivity contribution in [2.45, 2.75) is 37.8 Å². The second-order valence-electron chi connectivity index (χ2n) is 5.04. The Morgan fingerprint density at radius 3 is 2.64 bits per heavy atom. The summed E-state index contributed by atoms with van der Waals surface area (Å²) in [6.45, 7) is 2.41. The first-order valence-electron chi connectivity index (χ1n) is 7.10. The van der Waals surface area contributed by atoms with E-state index in [1.807, 2.05) is 5.64 Å². The van der Waals surface area contributed by atoms with Crippen molar-refractivity contribution in [1.82, 2.24) is 10.5 Å². The van der Waals surface area contributed by atoms with Crippen LogP contribution in [0.25, 0.3) is 0 Å². The first-order valence-corrected chi connectivity index (χ1v) is 7.10. The number of rotatable bonds is 10. The topological polar surface area (TPSA) is 144 Å². The molecule has 1 heterocycles. The van der Waals surface area contributed by atoms with Crippen molar-refractivity contribution in [3.63, 3.8) is 0 Å². The summed E-state index contributed by atoms with van der Waals surface area (Å²) >= 11 is 0. The lowest BCUT2D eigenvalue weighted by molar-refractivity contribution is -0.379. The van der Waals surface area contributed by atoms with Crippen molar-refractivity contribution in [3.8, 4) is 0 Å². The normalized spacial score (nSPS) is 18.1. The van der Waals surface area contributed by atoms with Gasteiger partial charge in [-0.1, -0.05) is 0 Å². The fourth-order valence-electron chi connectivity index (χ4n) is 2.10. The maximum absolute atomic E-state index is 11.4. The number of likely N-dealkylation sites (tertiary alicyclic amines) is 1. The number of carboxylic acid groups (broad SMARTS) is 1. The fraction of sp³-hybridized carbons (Fsp3) is 0.833. The van der Waals surface area contributed by atoms with Gasteiger partial charge < -0.3 is 15.6 Å². The minimum Gasteiger partial charge on any atom is -0.480 e. The van der Waals surface area contributed by atoms with Crippen LogP contribution in [0.1, 0.15) is 25.7 Å². The van der Waals surface area contributed by atoms with Crippen LogP contribution in [-0.4, -0.2) is 65.6 Å². The lowest BCUT2D eigenvalue weighted by atomic mass is 10.1. The van der Waals surface area contributed by atoms with Gasteiger partial charge in [-0.15, -0.1) is 4.99 Å². The van der Waals surface area contributed by atoms with Crippen molar-refractivity contribution in [3.05, 3.63) is 0 Å². The molecule has 0 radical (unpaired) electrons. The SMILES string of the molecule is N[C@@H](CCC(=O)OCCN1CCC(ONOO)CC1)C(=O)O. The summed E-state index contributed by atoms with van der Waals surface area (Å²) in [5, 5.41) is 16.7. The van der Waals surface area contributed by atoms with E-state index in [-0.39, 0.29) is 25.6 Å². The molecule has 1 aliphatic rings. The molecule has 1 rings (SSSR count). The third-order valence-electron chi connectivity index (χ3n) is 3.43. The number of nitrogens with two attached hydrogens (primary N) is 1. The number of nitrogens with zero attached hydrogens (tertiary/aromatic N) is 1. The smallest absolute Gasteiger partial charge is 0.320 e. The molecule has 1 fully saturated rings. The highest BCUT2D eigenvalue weighted by Gasteiger charge is 2.20. The van der Waals surface area contributed by atoms with Gasteiger partial charge in [-0.05, 0) is 24.9 Å². The summed E-state index contributed by atoms with van der Waals surface area (Å²) in [4.78, 5) is 32.7. The Bertz CT molecular complexity index is 348. The molecule has 128 valence electrons. The summed E-state index contributed by atoms with van der Waals surface area (Å²) in [7, 11) is 0. The quantitative estimate of drug-likeness (QED) is 0.227. The predicted octanol–water partition coefficient (Wildman–Crippen LogP) is -0.888. The zero-order valence-corrected chi connectivity index (χ0v) is 12.3. The van der Waals surface area contributed by atoms with Gasteiger partial charge in [-0.25, -0.2) is 5.26 Å². The number of piperidine rings is 1. The summed E-state index contributed by atoms with van der Waals surface area (Å²) in [6, 6.07) is -1.04. The molecule has 10 nitrogen and oxygen atoms in total. The molecule has 0 saturated carbocycles. The maximum Gasteiger partial charge on any atom is 0.320 e. The first-order chi connectivity index (χ1) is 10.5. The molecular weight excluding hydrogens is 298 g/mol. The van der Waals surface area contributed by atoms with Gasteiger partial charge in [-0.3, -0.25) is 19.3 Å². The van der Waals surface area contributed by atoms with E-state index in [9.17, 15) is 9.59 Å². The second kappa shape index (κ2) is 10.4. The van der Waals surface area contributed by atoms with E-state index >= 15 is 0 Å². The lowest BCUT2D eigenvalue weighted by Gasteiger charge is -2.30. The predicted molar refractivity (Wildman–Crippen MR) is 73.2 cm³/mol. The Balaban J connectivity index is 2.05. The highest BCUT2D eigenvalue weighted by molar-refractivity contribution is 5.75. The number of ether oxygens (including phenoxy) is 1. The molecule has 0 aliphatic carbocycles. The highest BCUT2D eigenvalue weighted by Crippen LogP contribution is 2.12. The van der Waals surface area contributed by atoms with Crippen LogP contribution in [0.3, 0.4) is 0 Å². The van der Waals surface area contributed by atoms with Crippen LogP contribution in [0.2, 0.25) is 0 Å². The van der Waals surface area contributed by atoms with Crippen molar-refractivity contribution in [1.29, 1.82) is 0 Å². The number of esters is 1. The van der Waals surface area contributed by atoms with Gasteiger partial charge >= 0.3 is 11.9 Å². The highest BCUT2D eigenvalue weighted by atomic mass is 17.2. The van der Waals surface area contributed by atoms with Gasteiger partial charge in [0, 0.05) is 26.1 Å². The van der Waals surface area contributed by atoms with Crippen LogP contribution < -0.4 is 11.4 Å². The molecule has 0 spiro atoms. The zero-order valence-electron chi connectivity index (χ0n) is 12.3. The van der Waals surface area contributed by atoms with Gasteiger partial charge in [-0.2, -0.15) is 0 Å². The van der Waals surface area contributed by atoms with E-state index in [0.717, 1.165) is 25.9 Å². The Hall–Kier alpha value is -1.30. The maximum atomic E-state index is 11.4. The number of carboxylic acids is 1. The largest absolute Gasteiger partial charge is 0.480 e. The Morgan fingerprint density at radius 2 is 2.05 bits per heavy atom. The van der Waals surface area contributed by atoms with Gasteiger partial charge in [0.15, 0.2) is 0 Å². The zero-order chi connectivity index (χ0) is 16.4. The summed E-state index contributed by atoms with van der Waals surface area (Å²) in [5.41, 5.74) is 7.24. The summed E-state index contributed by atoms with van der Waals surface area (Å²) in [6.07, 6.45) is 1.55. The second-order valence-corrected chi connectivity index (χ2v) is 5.04.